The fraction of sp³-hybridized carbons (Fsp3) is 0.0545. The van der Waals surface area contributed by atoms with Crippen molar-refractivity contribution < 1.29 is 4.42 Å². The van der Waals surface area contributed by atoms with E-state index >= 15 is 0 Å². The molecule has 0 bridgehead atoms. The van der Waals surface area contributed by atoms with Gasteiger partial charge < -0.3 is 4.42 Å². The number of hydrogen-bond donors (Lipinski definition) is 0. The Morgan fingerprint density at radius 1 is 0.379 bits per heavy atom. The number of nitrogens with zero attached hydrogens (tertiary/aromatic N) is 2. The maximum atomic E-state index is 6.83. The lowest BCUT2D eigenvalue weighted by Crippen LogP contribution is -2.14. The van der Waals surface area contributed by atoms with E-state index < -0.39 is 0 Å². The van der Waals surface area contributed by atoms with Crippen LogP contribution in [0.5, 0.6) is 0 Å². The Morgan fingerprint density at radius 2 is 0.897 bits per heavy atom. The molecule has 0 saturated carbocycles. The van der Waals surface area contributed by atoms with Crippen molar-refractivity contribution in [2.75, 3.05) is 0 Å². The van der Waals surface area contributed by atoms with E-state index in [1.807, 2.05) is 6.07 Å². The van der Waals surface area contributed by atoms with Crippen molar-refractivity contribution in [2.45, 2.75) is 19.3 Å². The van der Waals surface area contributed by atoms with Crippen molar-refractivity contribution in [3.8, 4) is 78.3 Å². The van der Waals surface area contributed by atoms with Crippen LogP contribution in [0.2, 0.25) is 0 Å². The summed E-state index contributed by atoms with van der Waals surface area (Å²) in [6, 6.07) is 69.0. The molecular formula is C55H38N2O. The van der Waals surface area contributed by atoms with Gasteiger partial charge in [-0.15, -0.1) is 0 Å². The predicted octanol–water partition coefficient (Wildman–Crippen LogP) is 14.7. The molecule has 8 aromatic carbocycles. The molecule has 58 heavy (non-hydrogen) atoms. The van der Waals surface area contributed by atoms with Gasteiger partial charge in [-0.3, -0.25) is 0 Å². The molecule has 0 amide bonds. The van der Waals surface area contributed by atoms with Gasteiger partial charge in [-0.2, -0.15) is 0 Å². The third kappa shape index (κ3) is 5.66. The molecule has 1 aliphatic carbocycles. The van der Waals surface area contributed by atoms with Gasteiger partial charge in [-0.1, -0.05) is 166 Å². The molecule has 1 aliphatic rings. The van der Waals surface area contributed by atoms with E-state index in [2.05, 4.69) is 202 Å². The van der Waals surface area contributed by atoms with Crippen LogP contribution in [0.15, 0.2) is 199 Å². The van der Waals surface area contributed by atoms with Crippen LogP contribution in [0.3, 0.4) is 0 Å². The quantitative estimate of drug-likeness (QED) is 0.170. The Labute approximate surface area is 338 Å². The Bertz CT molecular complexity index is 3120. The number of rotatable bonds is 6. The molecule has 0 aliphatic heterocycles. The van der Waals surface area contributed by atoms with Crippen molar-refractivity contribution in [3.63, 3.8) is 0 Å². The summed E-state index contributed by atoms with van der Waals surface area (Å²) in [6.45, 7) is 4.66. The van der Waals surface area contributed by atoms with E-state index in [0.29, 0.717) is 11.4 Å². The second-order valence-electron chi connectivity index (χ2n) is 15.8. The highest BCUT2D eigenvalue weighted by Gasteiger charge is 2.35. The highest BCUT2D eigenvalue weighted by Crippen LogP contribution is 2.50. The molecule has 274 valence electrons. The first-order valence-electron chi connectivity index (χ1n) is 19.9. The van der Waals surface area contributed by atoms with Gasteiger partial charge in [-0.25, -0.2) is 9.97 Å². The second-order valence-corrected chi connectivity index (χ2v) is 15.8. The lowest BCUT2D eigenvalue weighted by molar-refractivity contribution is 0.660. The largest absolute Gasteiger partial charge is 0.452 e. The van der Waals surface area contributed by atoms with Crippen LogP contribution in [-0.4, -0.2) is 9.97 Å². The third-order valence-electron chi connectivity index (χ3n) is 11.9. The number of benzene rings is 8. The summed E-state index contributed by atoms with van der Waals surface area (Å²) in [6.07, 6.45) is 0. The third-order valence-corrected chi connectivity index (χ3v) is 11.9. The fourth-order valence-electron chi connectivity index (χ4n) is 8.86. The van der Waals surface area contributed by atoms with Gasteiger partial charge in [0.2, 0.25) is 0 Å². The van der Waals surface area contributed by atoms with Gasteiger partial charge in [0.25, 0.3) is 0 Å². The summed E-state index contributed by atoms with van der Waals surface area (Å²) in [5, 5.41) is 0.960. The molecule has 3 heteroatoms. The maximum Gasteiger partial charge on any atom is 0.180 e. The van der Waals surface area contributed by atoms with Crippen LogP contribution in [0.25, 0.3) is 100 Å². The number of fused-ring (bicyclic) bond motifs is 6. The minimum atomic E-state index is -0.0907. The van der Waals surface area contributed by atoms with Crippen molar-refractivity contribution in [2.24, 2.45) is 0 Å². The summed E-state index contributed by atoms with van der Waals surface area (Å²) >= 11 is 0. The molecular weight excluding hydrogens is 705 g/mol. The van der Waals surface area contributed by atoms with Crippen LogP contribution >= 0.6 is 0 Å². The lowest BCUT2D eigenvalue weighted by Gasteiger charge is -2.22. The minimum Gasteiger partial charge on any atom is -0.452 e. The van der Waals surface area contributed by atoms with Crippen LogP contribution in [0.1, 0.15) is 25.0 Å². The Balaban J connectivity index is 1.14. The van der Waals surface area contributed by atoms with Crippen LogP contribution < -0.4 is 0 Å². The molecule has 0 fully saturated rings. The highest BCUT2D eigenvalue weighted by atomic mass is 16.3. The van der Waals surface area contributed by atoms with Crippen molar-refractivity contribution in [1.29, 1.82) is 0 Å². The SMILES string of the molecule is CC1(C)c2ccccc2-c2ccc(-c3ccc4oc5c(-c6cc(-c7ccccc7)cc(-c7ccccc7)c6)nc(-c6cccc(-c7ccccc7)c6)nc5c4c3)cc21. The lowest BCUT2D eigenvalue weighted by atomic mass is 9.81. The Kier molecular flexibility index (Phi) is 7.84. The summed E-state index contributed by atoms with van der Waals surface area (Å²) in [7, 11) is 0. The topological polar surface area (TPSA) is 38.9 Å². The minimum absolute atomic E-state index is 0.0907. The first-order chi connectivity index (χ1) is 28.5. The van der Waals surface area contributed by atoms with E-state index in [1.54, 1.807) is 0 Å². The summed E-state index contributed by atoms with van der Waals surface area (Å²) in [4.78, 5) is 10.7. The van der Waals surface area contributed by atoms with E-state index in [1.165, 1.54) is 27.8 Å². The van der Waals surface area contributed by atoms with Gasteiger partial charge in [0.1, 0.15) is 16.8 Å². The smallest absolute Gasteiger partial charge is 0.180 e. The maximum absolute atomic E-state index is 6.83. The number of furan rings is 1. The van der Waals surface area contributed by atoms with E-state index in [-0.39, 0.29) is 5.41 Å². The zero-order valence-electron chi connectivity index (χ0n) is 32.3. The molecule has 0 N–H and O–H groups in total. The monoisotopic (exact) mass is 742 g/mol. The first kappa shape index (κ1) is 33.9. The van der Waals surface area contributed by atoms with Crippen molar-refractivity contribution in [3.05, 3.63) is 205 Å². The first-order valence-corrected chi connectivity index (χ1v) is 19.9. The van der Waals surface area contributed by atoms with Gasteiger partial charge in [0.15, 0.2) is 11.4 Å². The fourth-order valence-corrected chi connectivity index (χ4v) is 8.86. The molecule has 0 unspecified atom stereocenters. The van der Waals surface area contributed by atoms with Crippen molar-refractivity contribution in [1.82, 2.24) is 9.97 Å². The molecule has 2 heterocycles. The zero-order chi connectivity index (χ0) is 38.8. The molecule has 0 atom stereocenters. The van der Waals surface area contributed by atoms with Gasteiger partial charge >= 0.3 is 0 Å². The van der Waals surface area contributed by atoms with Crippen LogP contribution in [-0.2, 0) is 5.41 Å². The van der Waals surface area contributed by atoms with Crippen LogP contribution in [0, 0.1) is 0 Å². The Hall–Kier alpha value is -7.36. The zero-order valence-corrected chi connectivity index (χ0v) is 32.3. The van der Waals surface area contributed by atoms with Gasteiger partial charge in [0.05, 0.1) is 0 Å². The van der Waals surface area contributed by atoms with E-state index in [4.69, 9.17) is 14.4 Å². The molecule has 0 radical (unpaired) electrons. The predicted molar refractivity (Wildman–Crippen MR) is 239 cm³/mol. The molecule has 3 nitrogen and oxygen atoms in total. The Morgan fingerprint density at radius 3 is 1.60 bits per heavy atom. The summed E-state index contributed by atoms with van der Waals surface area (Å²) in [5.41, 5.74) is 19.2. The average Bonchev–Trinajstić information content (AvgIpc) is 3.77. The molecule has 10 aromatic rings. The molecule has 0 saturated heterocycles. The normalized spacial score (nSPS) is 12.8. The van der Waals surface area contributed by atoms with E-state index in [9.17, 15) is 0 Å². The average molecular weight is 743 g/mol. The molecule has 0 spiro atoms. The molecule has 2 aromatic heterocycles. The van der Waals surface area contributed by atoms with E-state index in [0.717, 1.165) is 72.3 Å². The summed E-state index contributed by atoms with van der Waals surface area (Å²) in [5.74, 6) is 0.650. The summed E-state index contributed by atoms with van der Waals surface area (Å²) < 4.78 is 6.83. The second kappa shape index (κ2) is 13.4. The number of aromatic nitrogens is 2. The van der Waals surface area contributed by atoms with Gasteiger partial charge in [-0.05, 0) is 109 Å². The molecule has 11 rings (SSSR count). The highest BCUT2D eigenvalue weighted by molar-refractivity contribution is 6.08. The van der Waals surface area contributed by atoms with Gasteiger partial charge in [0, 0.05) is 21.9 Å². The van der Waals surface area contributed by atoms with Crippen molar-refractivity contribution >= 4 is 22.1 Å². The standard InChI is InChI=1S/C55H38N2O/c1-55(2)48-24-13-12-23-45(48)46-27-25-40(34-49(46)55)39-26-28-50-47(33-39)52-53(58-50)51(56-54(57-52)41-22-14-21-38(29-41)35-15-6-3-7-16-35)44-31-42(36-17-8-4-9-18-36)30-43(32-44)37-19-10-5-11-20-37/h3-34H,1-2H3. The van der Waals surface area contributed by atoms with Crippen LogP contribution in [0.4, 0.5) is 0 Å². The number of hydrogen-bond acceptors (Lipinski definition) is 3.